The van der Waals surface area contributed by atoms with Crippen LogP contribution in [0.5, 0.6) is 11.5 Å². The van der Waals surface area contributed by atoms with Gasteiger partial charge in [-0.25, -0.2) is 14.2 Å². The average molecular weight is 527 g/mol. The summed E-state index contributed by atoms with van der Waals surface area (Å²) < 4.78 is 52.2. The van der Waals surface area contributed by atoms with Crippen LogP contribution in [-0.4, -0.2) is 28.3 Å². The molecule has 0 fully saturated rings. The Hall–Kier alpha value is -4.54. The molecule has 1 heterocycles. The number of alkyl halides is 3. The summed E-state index contributed by atoms with van der Waals surface area (Å²) in [6.07, 6.45) is -4.16. The lowest BCUT2D eigenvalue weighted by atomic mass is 10.1. The molecule has 0 aliphatic heterocycles. The summed E-state index contributed by atoms with van der Waals surface area (Å²) in [5.74, 6) is 1.14. The molecular weight excluding hydrogens is 501 g/mol. The van der Waals surface area contributed by atoms with Gasteiger partial charge in [-0.1, -0.05) is 30.3 Å². The normalized spacial score (nSPS) is 11.3. The van der Waals surface area contributed by atoms with E-state index in [0.717, 1.165) is 22.3 Å². The van der Waals surface area contributed by atoms with Gasteiger partial charge in [0.1, 0.15) is 11.5 Å². The Kier molecular flexibility index (Phi) is 7.85. The Morgan fingerprint density at radius 3 is 2.03 bits per heavy atom. The Balaban J connectivity index is 1.71. The van der Waals surface area contributed by atoms with Crippen molar-refractivity contribution >= 4 is 11.6 Å². The monoisotopic (exact) mass is 526 g/mol. The van der Waals surface area contributed by atoms with Crippen molar-refractivity contribution in [3.05, 3.63) is 110 Å². The molecule has 0 bridgehead atoms. The maximum atomic E-state index is 13.5. The van der Waals surface area contributed by atoms with Crippen molar-refractivity contribution in [2.75, 3.05) is 19.5 Å². The molecule has 1 aromatic heterocycles. The van der Waals surface area contributed by atoms with Gasteiger partial charge < -0.3 is 14.8 Å². The Morgan fingerprint density at radius 2 is 1.45 bits per heavy atom. The van der Waals surface area contributed by atoms with E-state index < -0.39 is 23.1 Å². The highest BCUT2D eigenvalue weighted by Crippen LogP contribution is 2.31. The molecule has 0 atom stereocenters. The molecule has 0 radical (unpaired) electrons. The number of anilines is 2. The van der Waals surface area contributed by atoms with E-state index in [0.29, 0.717) is 23.5 Å². The van der Waals surface area contributed by atoms with Gasteiger partial charge in [-0.2, -0.15) is 18.2 Å². The highest BCUT2D eigenvalue weighted by Gasteiger charge is 2.30. The second kappa shape index (κ2) is 11.2. The van der Waals surface area contributed by atoms with E-state index in [9.17, 15) is 22.8 Å². The van der Waals surface area contributed by atoms with Crippen LogP contribution >= 0.6 is 0 Å². The zero-order valence-electron chi connectivity index (χ0n) is 20.7. The zero-order chi connectivity index (χ0) is 27.3. The first-order chi connectivity index (χ1) is 18.2. The van der Waals surface area contributed by atoms with Crippen molar-refractivity contribution in [1.29, 1.82) is 0 Å². The van der Waals surface area contributed by atoms with Gasteiger partial charge >= 0.3 is 17.6 Å². The molecule has 38 heavy (non-hydrogen) atoms. The van der Waals surface area contributed by atoms with Crippen LogP contribution < -0.4 is 26.2 Å². The summed E-state index contributed by atoms with van der Waals surface area (Å²) >= 11 is 0. The van der Waals surface area contributed by atoms with Crippen LogP contribution in [0.1, 0.15) is 16.7 Å². The van der Waals surface area contributed by atoms with Crippen molar-refractivity contribution in [3.63, 3.8) is 0 Å². The van der Waals surface area contributed by atoms with E-state index in [1.165, 1.54) is 23.8 Å². The highest BCUT2D eigenvalue weighted by molar-refractivity contribution is 5.55. The molecule has 0 saturated carbocycles. The standard InChI is InChI=1S/C27H25F3N4O4/c1-37-22-10-6-18(7-11-22)14-15-33-24(31-21-5-3-4-20(16-21)27(28,29)30)32-25(35)34(26(33)36)17-19-8-12-23(38-2)13-9-19/h3-13,16H,14-15,17H2,1-2H3,(H,31,32,35). The molecule has 4 aromatic rings. The Bertz CT molecular complexity index is 1510. The minimum absolute atomic E-state index is 0.0391. The lowest BCUT2D eigenvalue weighted by Gasteiger charge is -2.16. The Labute approximate surface area is 215 Å². The average Bonchev–Trinajstić information content (AvgIpc) is 2.91. The van der Waals surface area contributed by atoms with E-state index >= 15 is 0 Å². The zero-order valence-corrected chi connectivity index (χ0v) is 20.7. The van der Waals surface area contributed by atoms with Crippen LogP contribution in [-0.2, 0) is 25.7 Å². The SMILES string of the molecule is COc1ccc(CCn2c(Nc3cccc(C(F)(F)F)c3)nc(=O)n(Cc3ccc(OC)cc3)c2=O)cc1. The minimum Gasteiger partial charge on any atom is -0.497 e. The predicted octanol–water partition coefficient (Wildman–Crippen LogP) is 4.48. The molecule has 198 valence electrons. The van der Waals surface area contributed by atoms with Gasteiger partial charge in [0, 0.05) is 12.2 Å². The summed E-state index contributed by atoms with van der Waals surface area (Å²) in [5, 5.41) is 2.73. The predicted molar refractivity (Wildman–Crippen MR) is 136 cm³/mol. The molecule has 0 amide bonds. The van der Waals surface area contributed by atoms with Crippen LogP contribution in [0.25, 0.3) is 0 Å². The van der Waals surface area contributed by atoms with Gasteiger partial charge in [0.05, 0.1) is 26.3 Å². The van der Waals surface area contributed by atoms with Crippen molar-refractivity contribution < 1.29 is 22.6 Å². The first kappa shape index (κ1) is 26.5. The van der Waals surface area contributed by atoms with Gasteiger partial charge in [0.2, 0.25) is 5.95 Å². The first-order valence-electron chi connectivity index (χ1n) is 11.6. The largest absolute Gasteiger partial charge is 0.497 e. The summed E-state index contributed by atoms with van der Waals surface area (Å²) in [6, 6.07) is 18.6. The molecule has 8 nitrogen and oxygen atoms in total. The topological polar surface area (TPSA) is 87.4 Å². The van der Waals surface area contributed by atoms with Gasteiger partial charge in [-0.05, 0) is 60.0 Å². The summed E-state index contributed by atoms with van der Waals surface area (Å²) in [4.78, 5) is 30.4. The lowest BCUT2D eigenvalue weighted by molar-refractivity contribution is -0.137. The van der Waals surface area contributed by atoms with E-state index in [2.05, 4.69) is 10.3 Å². The molecule has 0 spiro atoms. The number of halogens is 3. The highest BCUT2D eigenvalue weighted by atomic mass is 19.4. The summed E-state index contributed by atoms with van der Waals surface area (Å²) in [5.41, 5.74) is -0.757. The quantitative estimate of drug-likeness (QED) is 0.346. The van der Waals surface area contributed by atoms with Crippen LogP contribution in [0.15, 0.2) is 82.4 Å². The number of benzene rings is 3. The van der Waals surface area contributed by atoms with Crippen molar-refractivity contribution in [1.82, 2.24) is 14.1 Å². The molecule has 0 unspecified atom stereocenters. The molecule has 0 saturated heterocycles. The van der Waals surface area contributed by atoms with Crippen molar-refractivity contribution in [3.8, 4) is 11.5 Å². The number of ether oxygens (including phenoxy) is 2. The fraction of sp³-hybridized carbons (Fsp3) is 0.222. The van der Waals surface area contributed by atoms with Gasteiger partial charge in [0.15, 0.2) is 0 Å². The molecule has 0 aliphatic carbocycles. The van der Waals surface area contributed by atoms with Crippen LogP contribution in [0.4, 0.5) is 24.8 Å². The lowest BCUT2D eigenvalue weighted by Crippen LogP contribution is -2.43. The number of methoxy groups -OCH3 is 2. The summed E-state index contributed by atoms with van der Waals surface area (Å²) in [7, 11) is 3.08. The second-order valence-electron chi connectivity index (χ2n) is 8.39. The number of nitrogens with zero attached hydrogens (tertiary/aromatic N) is 3. The smallest absolute Gasteiger partial charge is 0.416 e. The molecule has 11 heteroatoms. The molecule has 0 aliphatic rings. The van der Waals surface area contributed by atoms with Crippen LogP contribution in [0.2, 0.25) is 0 Å². The number of hydrogen-bond donors (Lipinski definition) is 1. The third-order valence-corrected chi connectivity index (χ3v) is 5.88. The Morgan fingerprint density at radius 1 is 0.842 bits per heavy atom. The third kappa shape index (κ3) is 6.23. The summed E-state index contributed by atoms with van der Waals surface area (Å²) in [6.45, 7) is 0.0728. The number of aromatic nitrogens is 3. The maximum Gasteiger partial charge on any atom is 0.416 e. The number of aryl methyl sites for hydroxylation is 1. The fourth-order valence-corrected chi connectivity index (χ4v) is 3.81. The van der Waals surface area contributed by atoms with E-state index in [1.807, 2.05) is 12.1 Å². The van der Waals surface area contributed by atoms with Gasteiger partial charge in [-0.3, -0.25) is 4.57 Å². The molecule has 3 aromatic carbocycles. The van der Waals surface area contributed by atoms with Crippen LogP contribution in [0.3, 0.4) is 0 Å². The van der Waals surface area contributed by atoms with Crippen molar-refractivity contribution in [2.24, 2.45) is 0 Å². The molecule has 1 N–H and O–H groups in total. The maximum absolute atomic E-state index is 13.5. The second-order valence-corrected chi connectivity index (χ2v) is 8.39. The number of rotatable bonds is 9. The van der Waals surface area contributed by atoms with E-state index in [1.54, 1.807) is 43.5 Å². The number of nitrogens with one attached hydrogen (secondary N) is 1. The minimum atomic E-state index is -4.55. The fourth-order valence-electron chi connectivity index (χ4n) is 3.81. The van der Waals surface area contributed by atoms with E-state index in [-0.39, 0.29) is 24.7 Å². The first-order valence-corrected chi connectivity index (χ1v) is 11.6. The molecule has 4 rings (SSSR count). The third-order valence-electron chi connectivity index (χ3n) is 5.88. The van der Waals surface area contributed by atoms with Crippen LogP contribution in [0, 0.1) is 0 Å². The van der Waals surface area contributed by atoms with Gasteiger partial charge in [-0.15, -0.1) is 0 Å². The van der Waals surface area contributed by atoms with Gasteiger partial charge in [0.25, 0.3) is 0 Å². The van der Waals surface area contributed by atoms with E-state index in [4.69, 9.17) is 9.47 Å². The number of hydrogen-bond acceptors (Lipinski definition) is 6. The molecular formula is C27H25F3N4O4. The van der Waals surface area contributed by atoms with Crippen molar-refractivity contribution in [2.45, 2.75) is 25.7 Å².